The number of carbonyl (C=O) groups is 4. The van der Waals surface area contributed by atoms with E-state index < -0.39 is 54.5 Å². The summed E-state index contributed by atoms with van der Waals surface area (Å²) in [7, 11) is 0. The summed E-state index contributed by atoms with van der Waals surface area (Å²) in [6.45, 7) is 4.41. The first-order valence-corrected chi connectivity index (χ1v) is 10.1. The van der Waals surface area contributed by atoms with Gasteiger partial charge in [0, 0.05) is 27.7 Å². The highest BCUT2D eigenvalue weighted by molar-refractivity contribution is 5.74. The minimum atomic E-state index is -1.31. The van der Waals surface area contributed by atoms with Crippen LogP contribution in [0.3, 0.4) is 0 Å². The molecule has 1 fully saturated rings. The molecule has 33 heavy (non-hydrogen) atoms. The van der Waals surface area contributed by atoms with Crippen molar-refractivity contribution in [1.29, 1.82) is 0 Å². The second-order valence-corrected chi connectivity index (χ2v) is 7.29. The lowest BCUT2D eigenvalue weighted by molar-refractivity contribution is -0.259. The molecule has 0 unspecified atom stereocenters. The number of rotatable bonds is 7. The minimum absolute atomic E-state index is 0.171. The van der Waals surface area contributed by atoms with E-state index in [-0.39, 0.29) is 12.7 Å². The summed E-state index contributed by atoms with van der Waals surface area (Å²) in [6.07, 6.45) is -5.03. The Hall–Kier alpha value is -3.67. The molecule has 1 aromatic heterocycles. The number of hydrogen-bond donors (Lipinski definition) is 1. The Labute approximate surface area is 188 Å². The molecule has 0 saturated carbocycles. The number of oxazole rings is 1. The fourth-order valence-electron chi connectivity index (χ4n) is 3.39. The number of nitrogens with zero attached hydrogens (tertiary/aromatic N) is 1. The molecule has 2 aromatic rings. The average Bonchev–Trinajstić information content (AvgIpc) is 3.12. The van der Waals surface area contributed by atoms with E-state index in [2.05, 4.69) is 10.3 Å². The van der Waals surface area contributed by atoms with E-state index in [9.17, 15) is 19.2 Å². The number of para-hydroxylation sites is 2. The van der Waals surface area contributed by atoms with Crippen LogP contribution in [0.1, 0.15) is 27.7 Å². The number of hydrogen-bond acceptors (Lipinski definition) is 11. The van der Waals surface area contributed by atoms with Crippen molar-refractivity contribution in [3.05, 3.63) is 24.3 Å². The van der Waals surface area contributed by atoms with E-state index in [1.165, 1.54) is 13.8 Å². The molecule has 0 radical (unpaired) electrons. The smallest absolute Gasteiger partial charge is 0.397 e. The molecule has 3 rings (SSSR count). The van der Waals surface area contributed by atoms with E-state index in [0.717, 1.165) is 13.8 Å². The monoisotopic (exact) mass is 464 g/mol. The van der Waals surface area contributed by atoms with E-state index in [4.69, 9.17) is 28.1 Å². The topological polar surface area (TPSA) is 152 Å². The van der Waals surface area contributed by atoms with E-state index >= 15 is 0 Å². The summed E-state index contributed by atoms with van der Waals surface area (Å²) in [4.78, 5) is 51.1. The zero-order valence-electron chi connectivity index (χ0n) is 18.4. The van der Waals surface area contributed by atoms with Crippen molar-refractivity contribution in [2.24, 2.45) is 0 Å². The minimum Gasteiger partial charge on any atom is -0.463 e. The summed E-state index contributed by atoms with van der Waals surface area (Å²) in [5.74, 6) is -2.51. The number of aromatic nitrogens is 1. The standard InChI is InChI=1S/C21H24N2O10/c1-10(24)22-17-19(30-13(4)27)18(29-12(3)26)16(9-28-11(2)25)31-20(17)33-21-23-14-7-5-6-8-15(14)32-21/h5-8,16-20H,9H2,1-4H3,(H,22,24)/t16-,17+,18+,19+,20-/m0/s1. The van der Waals surface area contributed by atoms with Crippen molar-refractivity contribution in [3.8, 4) is 6.08 Å². The second-order valence-electron chi connectivity index (χ2n) is 7.29. The molecule has 12 heteroatoms. The molecular formula is C21H24N2O10. The summed E-state index contributed by atoms with van der Waals surface area (Å²) in [6, 6.07) is 5.79. The van der Waals surface area contributed by atoms with Crippen LogP contribution in [0.2, 0.25) is 0 Å². The maximum Gasteiger partial charge on any atom is 0.397 e. The normalized spacial score (nSPS) is 24.5. The maximum atomic E-state index is 11.9. The number of fused-ring (bicyclic) bond motifs is 1. The largest absolute Gasteiger partial charge is 0.463 e. The summed E-state index contributed by atoms with van der Waals surface area (Å²) in [5, 5.41) is 2.60. The third kappa shape index (κ3) is 6.19. The van der Waals surface area contributed by atoms with Crippen LogP contribution in [0.5, 0.6) is 6.08 Å². The van der Waals surface area contributed by atoms with Gasteiger partial charge >= 0.3 is 24.0 Å². The van der Waals surface area contributed by atoms with Gasteiger partial charge in [0.2, 0.25) is 12.2 Å². The molecule has 1 N–H and O–H groups in total. The van der Waals surface area contributed by atoms with Gasteiger partial charge in [-0.2, -0.15) is 4.98 Å². The van der Waals surface area contributed by atoms with Gasteiger partial charge in [-0.25, -0.2) is 0 Å². The summed E-state index contributed by atoms with van der Waals surface area (Å²) < 4.78 is 33.0. The molecule has 0 bridgehead atoms. The molecular weight excluding hydrogens is 440 g/mol. The van der Waals surface area contributed by atoms with Gasteiger partial charge in [0.25, 0.3) is 0 Å². The predicted molar refractivity (Wildman–Crippen MR) is 109 cm³/mol. The first-order chi connectivity index (χ1) is 15.6. The molecule has 178 valence electrons. The van der Waals surface area contributed by atoms with E-state index in [0.29, 0.717) is 11.1 Å². The Kier molecular flexibility index (Phi) is 7.48. The van der Waals surface area contributed by atoms with Crippen LogP contribution in [-0.2, 0) is 38.1 Å². The maximum absolute atomic E-state index is 11.9. The van der Waals surface area contributed by atoms with Crippen LogP contribution in [0.25, 0.3) is 11.1 Å². The van der Waals surface area contributed by atoms with Gasteiger partial charge in [-0.15, -0.1) is 0 Å². The highest BCUT2D eigenvalue weighted by Gasteiger charge is 2.52. The van der Waals surface area contributed by atoms with Crippen LogP contribution in [0.4, 0.5) is 0 Å². The zero-order valence-corrected chi connectivity index (χ0v) is 18.4. The van der Waals surface area contributed by atoms with Crippen LogP contribution < -0.4 is 10.1 Å². The molecule has 1 saturated heterocycles. The number of nitrogens with one attached hydrogen (secondary N) is 1. The van der Waals surface area contributed by atoms with Gasteiger partial charge in [0.05, 0.1) is 0 Å². The van der Waals surface area contributed by atoms with Gasteiger partial charge < -0.3 is 33.4 Å². The van der Waals surface area contributed by atoms with Crippen LogP contribution in [0.15, 0.2) is 28.7 Å². The third-order valence-corrected chi connectivity index (χ3v) is 4.56. The lowest BCUT2D eigenvalue weighted by Gasteiger charge is -2.44. The van der Waals surface area contributed by atoms with Crippen LogP contribution in [-0.4, -0.2) is 66.0 Å². The third-order valence-electron chi connectivity index (χ3n) is 4.56. The number of ether oxygens (including phenoxy) is 5. The van der Waals surface area contributed by atoms with Gasteiger partial charge in [0.1, 0.15) is 24.3 Å². The van der Waals surface area contributed by atoms with Crippen molar-refractivity contribution in [2.45, 2.75) is 58.3 Å². The first-order valence-electron chi connectivity index (χ1n) is 10.1. The quantitative estimate of drug-likeness (QED) is 0.459. The predicted octanol–water partition coefficient (Wildman–Crippen LogP) is 0.863. The highest BCUT2D eigenvalue weighted by atomic mass is 16.7. The van der Waals surface area contributed by atoms with Gasteiger partial charge in [-0.1, -0.05) is 12.1 Å². The zero-order chi connectivity index (χ0) is 24.1. The summed E-state index contributed by atoms with van der Waals surface area (Å²) >= 11 is 0. The molecule has 0 spiro atoms. The Bertz CT molecular complexity index is 1000. The fraction of sp³-hybridized carbons (Fsp3) is 0.476. The van der Waals surface area contributed by atoms with E-state index in [1.807, 2.05) is 0 Å². The lowest BCUT2D eigenvalue weighted by Crippen LogP contribution is -2.67. The van der Waals surface area contributed by atoms with Gasteiger partial charge in [0.15, 0.2) is 17.8 Å². The van der Waals surface area contributed by atoms with Crippen molar-refractivity contribution < 1.29 is 47.3 Å². The Balaban J connectivity index is 1.98. The van der Waals surface area contributed by atoms with Gasteiger partial charge in [-0.05, 0) is 12.1 Å². The number of carbonyl (C=O) groups excluding carboxylic acids is 4. The lowest BCUT2D eigenvalue weighted by atomic mass is 9.96. The Morgan fingerprint density at radius 1 is 0.970 bits per heavy atom. The first kappa shape index (κ1) is 24.0. The molecule has 1 amide bonds. The highest BCUT2D eigenvalue weighted by Crippen LogP contribution is 2.30. The summed E-state index contributed by atoms with van der Waals surface area (Å²) in [5.41, 5.74) is 0.968. The average molecular weight is 464 g/mol. The Morgan fingerprint density at radius 3 is 2.24 bits per heavy atom. The molecule has 5 atom stereocenters. The SMILES string of the molecule is CC(=O)N[C@H]1[C@H](Oc2nc3ccccc3o2)O[C@@H](COC(C)=O)[C@@H](OC(C)=O)[C@@H]1OC(C)=O. The van der Waals surface area contributed by atoms with Crippen LogP contribution >= 0.6 is 0 Å². The van der Waals surface area contributed by atoms with Gasteiger partial charge in [-0.3, -0.25) is 19.2 Å². The molecule has 2 heterocycles. The second kappa shape index (κ2) is 10.3. The fourth-order valence-corrected chi connectivity index (χ4v) is 3.39. The number of benzene rings is 1. The van der Waals surface area contributed by atoms with Crippen molar-refractivity contribution in [3.63, 3.8) is 0 Å². The van der Waals surface area contributed by atoms with Crippen molar-refractivity contribution in [1.82, 2.24) is 10.3 Å². The number of amides is 1. The molecule has 1 aromatic carbocycles. The van der Waals surface area contributed by atoms with Crippen molar-refractivity contribution >= 4 is 34.9 Å². The Morgan fingerprint density at radius 2 is 1.64 bits per heavy atom. The molecule has 1 aliphatic heterocycles. The molecule has 1 aliphatic rings. The number of esters is 3. The molecule has 12 nitrogen and oxygen atoms in total. The van der Waals surface area contributed by atoms with E-state index in [1.54, 1.807) is 24.3 Å². The molecule has 0 aliphatic carbocycles. The van der Waals surface area contributed by atoms with Crippen molar-refractivity contribution in [2.75, 3.05) is 6.61 Å². The van der Waals surface area contributed by atoms with Crippen LogP contribution in [0, 0.1) is 0 Å².